The van der Waals surface area contributed by atoms with E-state index >= 15 is 0 Å². The zero-order valence-electron chi connectivity index (χ0n) is 17.0. The number of hydrogen-bond acceptors (Lipinski definition) is 6. The van der Waals surface area contributed by atoms with Gasteiger partial charge in [-0.1, -0.05) is 6.07 Å². The summed E-state index contributed by atoms with van der Waals surface area (Å²) >= 11 is 1.59. The number of thioether (sulfide) groups is 1. The molecule has 1 aliphatic heterocycles. The molecule has 150 valence electrons. The largest absolute Gasteiger partial charge is 0.459 e. The van der Waals surface area contributed by atoms with E-state index < -0.39 is 11.7 Å². The molecule has 7 heteroatoms. The summed E-state index contributed by atoms with van der Waals surface area (Å²) in [4.78, 5) is 29.5. The summed E-state index contributed by atoms with van der Waals surface area (Å²) in [6, 6.07) is 5.53. The van der Waals surface area contributed by atoms with Crippen LogP contribution in [0.15, 0.2) is 23.1 Å². The van der Waals surface area contributed by atoms with Crippen molar-refractivity contribution in [1.82, 2.24) is 9.80 Å². The van der Waals surface area contributed by atoms with Crippen molar-refractivity contribution in [3.63, 3.8) is 0 Å². The number of aliphatic hydroxyl groups is 1. The Morgan fingerprint density at radius 2 is 2.00 bits per heavy atom. The Labute approximate surface area is 165 Å². The molecule has 1 heterocycles. The van der Waals surface area contributed by atoms with Crippen molar-refractivity contribution in [2.45, 2.75) is 50.3 Å². The van der Waals surface area contributed by atoms with Crippen LogP contribution in [0.5, 0.6) is 0 Å². The Kier molecular flexibility index (Phi) is 6.94. The number of likely N-dealkylation sites (N-methyl/N-ethyl adjacent to an activating group) is 1. The average Bonchev–Trinajstić information content (AvgIpc) is 2.94. The lowest BCUT2D eigenvalue weighted by molar-refractivity contribution is -0.156. The molecule has 0 radical (unpaired) electrons. The van der Waals surface area contributed by atoms with Gasteiger partial charge in [-0.25, -0.2) is 0 Å². The molecular formula is C20H30N2O4S. The Morgan fingerprint density at radius 1 is 1.33 bits per heavy atom. The third kappa shape index (κ3) is 5.70. The maximum absolute atomic E-state index is 13.0. The van der Waals surface area contributed by atoms with Gasteiger partial charge in [-0.05, 0) is 58.7 Å². The lowest BCUT2D eigenvalue weighted by Crippen LogP contribution is -2.44. The lowest BCUT2D eigenvalue weighted by atomic mass is 10.1. The van der Waals surface area contributed by atoms with Crippen LogP contribution in [0.25, 0.3) is 0 Å². The van der Waals surface area contributed by atoms with Crippen molar-refractivity contribution in [2.75, 3.05) is 32.9 Å². The highest BCUT2D eigenvalue weighted by atomic mass is 32.2. The van der Waals surface area contributed by atoms with Gasteiger partial charge in [0, 0.05) is 23.5 Å². The van der Waals surface area contributed by atoms with E-state index in [1.54, 1.807) is 28.6 Å². The molecule has 0 aliphatic carbocycles. The van der Waals surface area contributed by atoms with E-state index in [-0.39, 0.29) is 31.0 Å². The summed E-state index contributed by atoms with van der Waals surface area (Å²) in [7, 11) is 1.77. The van der Waals surface area contributed by atoms with Crippen LogP contribution >= 0.6 is 11.8 Å². The topological polar surface area (TPSA) is 70.1 Å². The summed E-state index contributed by atoms with van der Waals surface area (Å²) in [5.41, 5.74) is 1.02. The van der Waals surface area contributed by atoms with Gasteiger partial charge in [0.25, 0.3) is 5.91 Å². The van der Waals surface area contributed by atoms with Crippen molar-refractivity contribution < 1.29 is 19.4 Å². The summed E-state index contributed by atoms with van der Waals surface area (Å²) in [5.74, 6) is -0.430. The maximum atomic E-state index is 13.0. The number of carbonyl (C=O) groups is 2. The second-order valence-corrected chi connectivity index (χ2v) is 8.91. The number of β-amino-alcohol motifs (C(OH)–C–C–N with tert-alkyl or cyclic N) is 1. The van der Waals surface area contributed by atoms with Gasteiger partial charge in [0.2, 0.25) is 0 Å². The molecule has 1 amide bonds. The molecule has 1 aromatic carbocycles. The number of esters is 1. The summed E-state index contributed by atoms with van der Waals surface area (Å²) in [6.45, 7) is 8.08. The van der Waals surface area contributed by atoms with Gasteiger partial charge in [-0.2, -0.15) is 0 Å². The number of aliphatic hydroxyl groups excluding tert-OH is 1. The molecule has 2 rings (SSSR count). The van der Waals surface area contributed by atoms with Gasteiger partial charge in [0.1, 0.15) is 5.60 Å². The molecule has 1 aliphatic rings. The standard InChI is InChI=1S/C20H30N2O4S/c1-13-7-8-14(27-6)9-15(13)19(25)22-10-16(17(23)11-22)21(5)12-18(24)26-20(2,3)4/h7-9,16-17,23H,10-12H2,1-6H3/t16-,17+/m0/s1. The maximum Gasteiger partial charge on any atom is 0.320 e. The van der Waals surface area contributed by atoms with Gasteiger partial charge in [0.05, 0.1) is 18.7 Å². The smallest absolute Gasteiger partial charge is 0.320 e. The van der Waals surface area contributed by atoms with E-state index in [9.17, 15) is 14.7 Å². The van der Waals surface area contributed by atoms with Gasteiger partial charge in [0.15, 0.2) is 0 Å². The second kappa shape index (κ2) is 8.63. The van der Waals surface area contributed by atoms with Crippen molar-refractivity contribution in [3.05, 3.63) is 29.3 Å². The highest BCUT2D eigenvalue weighted by Gasteiger charge is 2.38. The zero-order valence-corrected chi connectivity index (χ0v) is 17.8. The van der Waals surface area contributed by atoms with E-state index in [4.69, 9.17) is 4.74 Å². The van der Waals surface area contributed by atoms with Crippen molar-refractivity contribution in [1.29, 1.82) is 0 Å². The first-order valence-electron chi connectivity index (χ1n) is 9.06. The monoisotopic (exact) mass is 394 g/mol. The second-order valence-electron chi connectivity index (χ2n) is 8.03. The number of benzene rings is 1. The molecule has 1 fully saturated rings. The molecule has 0 bridgehead atoms. The summed E-state index contributed by atoms with van der Waals surface area (Å²) < 4.78 is 5.34. The minimum atomic E-state index is -0.703. The van der Waals surface area contributed by atoms with E-state index in [1.807, 2.05) is 52.1 Å². The van der Waals surface area contributed by atoms with Gasteiger partial charge < -0.3 is 14.7 Å². The van der Waals surface area contributed by atoms with E-state index in [0.29, 0.717) is 12.1 Å². The molecule has 0 unspecified atom stereocenters. The number of carbonyl (C=O) groups excluding carboxylic acids is 2. The Balaban J connectivity index is 2.05. The van der Waals surface area contributed by atoms with Crippen LogP contribution in [0.4, 0.5) is 0 Å². The molecule has 2 atom stereocenters. The van der Waals surface area contributed by atoms with Crippen LogP contribution in [0.2, 0.25) is 0 Å². The van der Waals surface area contributed by atoms with Gasteiger partial charge in [-0.15, -0.1) is 11.8 Å². The zero-order chi connectivity index (χ0) is 20.4. The number of aryl methyl sites for hydroxylation is 1. The van der Waals surface area contributed by atoms with Crippen LogP contribution in [0, 0.1) is 6.92 Å². The molecule has 27 heavy (non-hydrogen) atoms. The fraction of sp³-hybridized carbons (Fsp3) is 0.600. The molecular weight excluding hydrogens is 364 g/mol. The predicted octanol–water partition coefficient (Wildman–Crippen LogP) is 2.18. The first-order chi connectivity index (χ1) is 12.5. The minimum absolute atomic E-state index is 0.0714. The molecule has 6 nitrogen and oxygen atoms in total. The van der Waals surface area contributed by atoms with Crippen LogP contribution in [0.3, 0.4) is 0 Å². The first kappa shape index (κ1) is 21.7. The highest BCUT2D eigenvalue weighted by Crippen LogP contribution is 2.23. The van der Waals surface area contributed by atoms with Crippen molar-refractivity contribution >= 4 is 23.6 Å². The molecule has 1 N–H and O–H groups in total. The van der Waals surface area contributed by atoms with Crippen molar-refractivity contribution in [2.24, 2.45) is 0 Å². The highest BCUT2D eigenvalue weighted by molar-refractivity contribution is 7.98. The lowest BCUT2D eigenvalue weighted by Gasteiger charge is -2.27. The van der Waals surface area contributed by atoms with E-state index in [1.165, 1.54) is 0 Å². The van der Waals surface area contributed by atoms with E-state index in [0.717, 1.165) is 10.5 Å². The third-order valence-electron chi connectivity index (χ3n) is 4.59. The molecule has 1 saturated heterocycles. The third-order valence-corrected chi connectivity index (χ3v) is 5.31. The van der Waals surface area contributed by atoms with Crippen LogP contribution in [0.1, 0.15) is 36.7 Å². The number of ether oxygens (including phenoxy) is 1. The first-order valence-corrected chi connectivity index (χ1v) is 10.3. The number of likely N-dealkylation sites (tertiary alicyclic amines) is 1. The van der Waals surface area contributed by atoms with Crippen molar-refractivity contribution in [3.8, 4) is 0 Å². The number of nitrogens with zero attached hydrogens (tertiary/aromatic N) is 2. The van der Waals surface area contributed by atoms with E-state index in [2.05, 4.69) is 0 Å². The van der Waals surface area contributed by atoms with Gasteiger partial charge >= 0.3 is 5.97 Å². The summed E-state index contributed by atoms with van der Waals surface area (Å²) in [5, 5.41) is 10.4. The minimum Gasteiger partial charge on any atom is -0.459 e. The molecule has 1 aromatic rings. The Morgan fingerprint density at radius 3 is 2.59 bits per heavy atom. The number of amides is 1. The fourth-order valence-corrected chi connectivity index (χ4v) is 3.63. The molecule has 0 saturated carbocycles. The van der Waals surface area contributed by atoms with Crippen LogP contribution in [-0.2, 0) is 9.53 Å². The predicted molar refractivity (Wildman–Crippen MR) is 107 cm³/mol. The van der Waals surface area contributed by atoms with Gasteiger partial charge in [-0.3, -0.25) is 14.5 Å². The fourth-order valence-electron chi connectivity index (χ4n) is 3.19. The van der Waals surface area contributed by atoms with Crippen LogP contribution in [-0.4, -0.2) is 77.5 Å². The van der Waals surface area contributed by atoms with Crippen LogP contribution < -0.4 is 0 Å². The normalized spacial score (nSPS) is 20.2. The Hall–Kier alpha value is -1.57. The SMILES string of the molecule is CSc1ccc(C)c(C(=O)N2C[C@@H](O)[C@@H](N(C)CC(=O)OC(C)(C)C)C2)c1. The number of rotatable bonds is 5. The summed E-state index contributed by atoms with van der Waals surface area (Å²) in [6.07, 6.45) is 1.27. The quantitative estimate of drug-likeness (QED) is 0.610. The average molecular weight is 395 g/mol. The molecule has 0 aromatic heterocycles. The Bertz CT molecular complexity index is 702. The molecule has 0 spiro atoms. The number of hydrogen-bond donors (Lipinski definition) is 1.